The van der Waals surface area contributed by atoms with E-state index in [2.05, 4.69) is 4.98 Å². The van der Waals surface area contributed by atoms with Crippen molar-refractivity contribution in [1.82, 2.24) is 14.6 Å². The fourth-order valence-corrected chi connectivity index (χ4v) is 4.72. The molecule has 2 heterocycles. The standard InChI is InChI=1S/C25H23N3O6S/c1-3-34-27(14-16-7-5-4-6-8-16)23(30)20-13-19-21(35-20)26-25(33)28(22(19)29)15(2)17-9-11-18(12-10-17)24(31)32/h4-13,15H,3,14H2,1-2H3,(H,26,33)(H,31,32). The molecule has 4 rings (SSSR count). The zero-order valence-electron chi connectivity index (χ0n) is 19.1. The second-order valence-electron chi connectivity index (χ2n) is 7.81. The summed E-state index contributed by atoms with van der Waals surface area (Å²) in [6.07, 6.45) is 0. The van der Waals surface area contributed by atoms with Crippen molar-refractivity contribution in [3.8, 4) is 0 Å². The molecule has 1 atom stereocenters. The molecule has 9 nitrogen and oxygen atoms in total. The number of carboxylic acids is 1. The monoisotopic (exact) mass is 493 g/mol. The second kappa shape index (κ2) is 10.1. The third-order valence-corrected chi connectivity index (χ3v) is 6.58. The molecule has 0 radical (unpaired) electrons. The minimum absolute atomic E-state index is 0.105. The first-order valence-electron chi connectivity index (χ1n) is 10.9. The number of hydrogen-bond acceptors (Lipinski definition) is 6. The molecular formula is C25H23N3O6S. The second-order valence-corrected chi connectivity index (χ2v) is 8.86. The van der Waals surface area contributed by atoms with E-state index in [1.807, 2.05) is 30.3 Å². The van der Waals surface area contributed by atoms with E-state index in [1.165, 1.54) is 23.3 Å². The highest BCUT2D eigenvalue weighted by molar-refractivity contribution is 7.20. The van der Waals surface area contributed by atoms with Crippen molar-refractivity contribution in [2.45, 2.75) is 26.4 Å². The zero-order chi connectivity index (χ0) is 25.1. The van der Waals surface area contributed by atoms with E-state index >= 15 is 0 Å². The van der Waals surface area contributed by atoms with Gasteiger partial charge in [0.1, 0.15) is 4.83 Å². The van der Waals surface area contributed by atoms with Crippen LogP contribution in [0.15, 0.2) is 70.3 Å². The first-order chi connectivity index (χ1) is 16.8. The minimum Gasteiger partial charge on any atom is -0.478 e. The summed E-state index contributed by atoms with van der Waals surface area (Å²) in [5.74, 6) is -1.48. The van der Waals surface area contributed by atoms with Crippen molar-refractivity contribution in [1.29, 1.82) is 0 Å². The normalized spacial score (nSPS) is 11.9. The van der Waals surface area contributed by atoms with Gasteiger partial charge in [0.2, 0.25) is 0 Å². The van der Waals surface area contributed by atoms with Crippen molar-refractivity contribution in [2.24, 2.45) is 0 Å². The summed E-state index contributed by atoms with van der Waals surface area (Å²) in [6, 6.07) is 16.2. The van der Waals surface area contributed by atoms with Crippen LogP contribution in [0.4, 0.5) is 0 Å². The number of rotatable bonds is 8. The molecule has 35 heavy (non-hydrogen) atoms. The third kappa shape index (κ3) is 4.93. The smallest absolute Gasteiger partial charge is 0.335 e. The largest absolute Gasteiger partial charge is 0.478 e. The first kappa shape index (κ1) is 24.1. The molecule has 180 valence electrons. The molecule has 0 saturated carbocycles. The number of fused-ring (bicyclic) bond motifs is 1. The summed E-state index contributed by atoms with van der Waals surface area (Å²) in [5.41, 5.74) is 0.421. The fraction of sp³-hybridized carbons (Fsp3) is 0.200. The summed E-state index contributed by atoms with van der Waals surface area (Å²) in [7, 11) is 0. The number of H-pyrrole nitrogens is 1. The lowest BCUT2D eigenvalue weighted by molar-refractivity contribution is -0.124. The number of thiophene rings is 1. The van der Waals surface area contributed by atoms with E-state index in [4.69, 9.17) is 9.94 Å². The van der Waals surface area contributed by atoms with Crippen LogP contribution >= 0.6 is 11.3 Å². The highest BCUT2D eigenvalue weighted by atomic mass is 32.1. The molecule has 0 aliphatic carbocycles. The SMILES string of the molecule is CCON(Cc1ccccc1)C(=O)c1cc2c(=O)n(C(C)c3ccc(C(=O)O)cc3)c(=O)[nH]c2s1. The molecule has 0 aliphatic heterocycles. The van der Waals surface area contributed by atoms with E-state index in [-0.39, 0.29) is 29.0 Å². The highest BCUT2D eigenvalue weighted by Gasteiger charge is 2.23. The Hall–Kier alpha value is -4.02. The lowest BCUT2D eigenvalue weighted by Crippen LogP contribution is -2.37. The Bertz CT molecular complexity index is 1490. The van der Waals surface area contributed by atoms with Gasteiger partial charge < -0.3 is 5.11 Å². The number of hydroxylamine groups is 2. The third-order valence-electron chi connectivity index (χ3n) is 5.54. The van der Waals surface area contributed by atoms with Crippen LogP contribution < -0.4 is 11.2 Å². The van der Waals surface area contributed by atoms with Crippen molar-refractivity contribution in [3.05, 3.63) is 103 Å². The molecule has 0 aliphatic rings. The highest BCUT2D eigenvalue weighted by Crippen LogP contribution is 2.24. The number of carboxylic acid groups (broad SMARTS) is 1. The summed E-state index contributed by atoms with van der Waals surface area (Å²) in [4.78, 5) is 59.2. The van der Waals surface area contributed by atoms with Gasteiger partial charge in [-0.05, 0) is 43.2 Å². The Labute approximate surface area is 203 Å². The number of aromatic nitrogens is 2. The van der Waals surface area contributed by atoms with Crippen LogP contribution in [0.5, 0.6) is 0 Å². The Morgan fingerprint density at radius 1 is 1.11 bits per heavy atom. The van der Waals surface area contributed by atoms with Gasteiger partial charge in [0.25, 0.3) is 11.5 Å². The molecule has 0 bridgehead atoms. The maximum Gasteiger partial charge on any atom is 0.335 e. The maximum absolute atomic E-state index is 13.3. The quantitative estimate of drug-likeness (QED) is 0.361. The van der Waals surface area contributed by atoms with Gasteiger partial charge in [-0.3, -0.25) is 24.0 Å². The molecule has 10 heteroatoms. The van der Waals surface area contributed by atoms with E-state index in [9.17, 15) is 19.2 Å². The summed E-state index contributed by atoms with van der Waals surface area (Å²) in [6.45, 7) is 3.96. The van der Waals surface area contributed by atoms with Gasteiger partial charge in [0, 0.05) is 0 Å². The van der Waals surface area contributed by atoms with Gasteiger partial charge in [-0.15, -0.1) is 11.3 Å². The average molecular weight is 494 g/mol. The number of hydrogen-bond donors (Lipinski definition) is 2. The van der Waals surface area contributed by atoms with Crippen molar-refractivity contribution < 1.29 is 19.5 Å². The van der Waals surface area contributed by atoms with Gasteiger partial charge >= 0.3 is 11.7 Å². The van der Waals surface area contributed by atoms with Crippen LogP contribution in [0.2, 0.25) is 0 Å². The van der Waals surface area contributed by atoms with E-state index in [0.717, 1.165) is 21.5 Å². The fourth-order valence-electron chi connectivity index (χ4n) is 3.74. The lowest BCUT2D eigenvalue weighted by Gasteiger charge is -2.20. The molecule has 2 N–H and O–H groups in total. The van der Waals surface area contributed by atoms with E-state index in [1.54, 1.807) is 26.0 Å². The number of nitrogens with one attached hydrogen (secondary N) is 1. The number of carbonyl (C=O) groups is 2. The van der Waals surface area contributed by atoms with Gasteiger partial charge in [-0.2, -0.15) is 0 Å². The number of carbonyl (C=O) groups excluding carboxylic acids is 1. The Kier molecular flexibility index (Phi) is 6.94. The topological polar surface area (TPSA) is 122 Å². The number of benzene rings is 2. The predicted molar refractivity (Wildman–Crippen MR) is 132 cm³/mol. The Balaban J connectivity index is 1.69. The van der Waals surface area contributed by atoms with Crippen molar-refractivity contribution >= 4 is 33.4 Å². The molecule has 1 unspecified atom stereocenters. The number of nitrogens with zero attached hydrogens (tertiary/aromatic N) is 2. The maximum atomic E-state index is 13.3. The van der Waals surface area contributed by atoms with Gasteiger partial charge in [0.05, 0.1) is 35.0 Å². The molecule has 1 amide bonds. The van der Waals surface area contributed by atoms with Crippen molar-refractivity contribution in [2.75, 3.05) is 6.61 Å². The summed E-state index contributed by atoms with van der Waals surface area (Å²) >= 11 is 1.01. The van der Waals surface area contributed by atoms with E-state index in [0.29, 0.717) is 10.4 Å². The number of amides is 1. The van der Waals surface area contributed by atoms with Crippen LogP contribution in [0.1, 0.15) is 51.0 Å². The van der Waals surface area contributed by atoms with E-state index < -0.39 is 29.2 Å². The first-order valence-corrected chi connectivity index (χ1v) is 11.7. The zero-order valence-corrected chi connectivity index (χ0v) is 19.9. The summed E-state index contributed by atoms with van der Waals surface area (Å²) < 4.78 is 1.06. The molecular weight excluding hydrogens is 470 g/mol. The molecule has 2 aromatic carbocycles. The van der Waals surface area contributed by atoms with Crippen molar-refractivity contribution in [3.63, 3.8) is 0 Å². The molecule has 4 aromatic rings. The van der Waals surface area contributed by atoms with Gasteiger partial charge in [-0.1, -0.05) is 42.5 Å². The van der Waals surface area contributed by atoms with Gasteiger partial charge in [-0.25, -0.2) is 14.7 Å². The lowest BCUT2D eigenvalue weighted by atomic mass is 10.1. The minimum atomic E-state index is -1.07. The Morgan fingerprint density at radius 3 is 2.43 bits per heavy atom. The average Bonchev–Trinajstić information content (AvgIpc) is 3.28. The van der Waals surface area contributed by atoms with Crippen LogP contribution in [0.3, 0.4) is 0 Å². The summed E-state index contributed by atoms with van der Waals surface area (Å²) in [5, 5.41) is 10.5. The Morgan fingerprint density at radius 2 is 1.80 bits per heavy atom. The molecule has 2 aromatic heterocycles. The van der Waals surface area contributed by atoms with Crippen LogP contribution in [0, 0.1) is 0 Å². The van der Waals surface area contributed by atoms with Gasteiger partial charge in [0.15, 0.2) is 0 Å². The molecule has 0 spiro atoms. The predicted octanol–water partition coefficient (Wildman–Crippen LogP) is 3.65. The molecule has 0 saturated heterocycles. The number of aromatic carboxylic acids is 1. The van der Waals surface area contributed by atoms with Crippen LogP contribution in [-0.2, 0) is 11.4 Å². The van der Waals surface area contributed by atoms with Crippen LogP contribution in [-0.4, -0.2) is 38.2 Å². The van der Waals surface area contributed by atoms with Crippen LogP contribution in [0.25, 0.3) is 10.2 Å². The molecule has 0 fully saturated rings. The number of aromatic amines is 1.